The molecule has 0 amide bonds. The monoisotopic (exact) mass is 603 g/mol. The SMILES string of the molecule is COc1ccc(CNc2nc(N3CC(O)C3)nc(-n3ncc(/C=C/CN4CCN(c5cc(F)cc(F)c5)CC4)c3C)n2)cc1. The van der Waals surface area contributed by atoms with Crippen LogP contribution in [0.25, 0.3) is 12.0 Å². The van der Waals surface area contributed by atoms with Crippen molar-refractivity contribution in [3.63, 3.8) is 0 Å². The number of hydrogen-bond donors (Lipinski definition) is 2. The average molecular weight is 604 g/mol. The number of nitrogens with zero attached hydrogens (tertiary/aromatic N) is 8. The molecule has 44 heavy (non-hydrogen) atoms. The molecule has 0 bridgehead atoms. The predicted molar refractivity (Wildman–Crippen MR) is 164 cm³/mol. The largest absolute Gasteiger partial charge is 0.497 e. The molecule has 2 fully saturated rings. The molecular formula is C31H35F2N9O2. The molecule has 0 spiro atoms. The summed E-state index contributed by atoms with van der Waals surface area (Å²) in [6.07, 6.45) is 5.50. The minimum Gasteiger partial charge on any atom is -0.497 e. The Morgan fingerprint density at radius 1 is 0.955 bits per heavy atom. The fourth-order valence-corrected chi connectivity index (χ4v) is 5.24. The van der Waals surface area contributed by atoms with E-state index >= 15 is 0 Å². The summed E-state index contributed by atoms with van der Waals surface area (Å²) >= 11 is 0. The summed E-state index contributed by atoms with van der Waals surface area (Å²) in [6, 6.07) is 11.4. The van der Waals surface area contributed by atoms with Crippen molar-refractivity contribution >= 4 is 23.7 Å². The first kappa shape index (κ1) is 29.5. The van der Waals surface area contributed by atoms with Crippen molar-refractivity contribution in [2.75, 3.05) is 68.0 Å². The van der Waals surface area contributed by atoms with Gasteiger partial charge in [0, 0.05) is 69.7 Å². The van der Waals surface area contributed by atoms with Gasteiger partial charge in [-0.25, -0.2) is 13.5 Å². The molecule has 2 aliphatic rings. The highest BCUT2D eigenvalue weighted by Crippen LogP contribution is 2.22. The Bertz CT molecular complexity index is 1590. The molecule has 6 rings (SSSR count). The number of aromatic nitrogens is 5. The first-order valence-corrected chi connectivity index (χ1v) is 14.6. The van der Waals surface area contributed by atoms with Gasteiger partial charge in [-0.05, 0) is 36.8 Å². The predicted octanol–water partition coefficient (Wildman–Crippen LogP) is 3.28. The maximum atomic E-state index is 13.6. The van der Waals surface area contributed by atoms with Crippen molar-refractivity contribution in [3.05, 3.63) is 83.2 Å². The Kier molecular flexibility index (Phi) is 8.66. The molecule has 2 aromatic carbocycles. The van der Waals surface area contributed by atoms with Crippen LogP contribution in [0.3, 0.4) is 0 Å². The molecule has 0 saturated carbocycles. The number of aliphatic hydroxyl groups is 1. The van der Waals surface area contributed by atoms with Crippen LogP contribution in [0.4, 0.5) is 26.4 Å². The molecule has 2 N–H and O–H groups in total. The average Bonchev–Trinajstić information content (AvgIpc) is 3.38. The van der Waals surface area contributed by atoms with E-state index in [-0.39, 0.29) is 0 Å². The van der Waals surface area contributed by atoms with Gasteiger partial charge >= 0.3 is 0 Å². The van der Waals surface area contributed by atoms with Crippen molar-refractivity contribution in [1.82, 2.24) is 29.6 Å². The molecule has 13 heteroatoms. The number of ether oxygens (including phenoxy) is 1. The van der Waals surface area contributed by atoms with Crippen molar-refractivity contribution in [1.29, 1.82) is 0 Å². The van der Waals surface area contributed by atoms with Crippen LogP contribution in [0, 0.1) is 18.6 Å². The molecule has 0 radical (unpaired) electrons. The van der Waals surface area contributed by atoms with Crippen LogP contribution in [0.2, 0.25) is 0 Å². The van der Waals surface area contributed by atoms with Gasteiger partial charge in [-0.15, -0.1) is 0 Å². The maximum absolute atomic E-state index is 13.6. The molecule has 4 aromatic rings. The van der Waals surface area contributed by atoms with E-state index in [0.717, 1.165) is 48.3 Å². The summed E-state index contributed by atoms with van der Waals surface area (Å²) in [5.41, 5.74) is 3.43. The standard InChI is InChI=1S/C31H35F2N9O2/c1-21-23(4-3-9-39-10-12-40(13-11-39)26-15-24(32)14-25(33)16-26)18-35-42(21)31-37-29(36-30(38-31)41-19-27(43)20-41)34-17-22-5-7-28(44-2)8-6-22/h3-8,14-16,18,27,43H,9-13,17,19-20H2,1-2H3,(H,34,36,37,38)/b4-3+. The fraction of sp³-hybridized carbons (Fsp3) is 0.355. The van der Waals surface area contributed by atoms with Gasteiger partial charge in [0.15, 0.2) is 0 Å². The first-order chi connectivity index (χ1) is 21.3. The van der Waals surface area contributed by atoms with E-state index in [9.17, 15) is 13.9 Å². The maximum Gasteiger partial charge on any atom is 0.257 e. The van der Waals surface area contributed by atoms with Gasteiger partial charge in [-0.2, -0.15) is 20.1 Å². The van der Waals surface area contributed by atoms with Gasteiger partial charge in [-0.3, -0.25) is 4.90 Å². The van der Waals surface area contributed by atoms with Gasteiger partial charge in [0.25, 0.3) is 5.95 Å². The number of hydrogen-bond acceptors (Lipinski definition) is 10. The molecule has 230 valence electrons. The first-order valence-electron chi connectivity index (χ1n) is 14.6. The van der Waals surface area contributed by atoms with Crippen LogP contribution in [-0.2, 0) is 6.54 Å². The van der Waals surface area contributed by atoms with Crippen LogP contribution < -0.4 is 19.9 Å². The van der Waals surface area contributed by atoms with E-state index < -0.39 is 17.7 Å². The van der Waals surface area contributed by atoms with Crippen molar-refractivity contribution in [3.8, 4) is 11.7 Å². The Labute approximate surface area is 254 Å². The molecule has 2 saturated heterocycles. The number of rotatable bonds is 10. The van der Waals surface area contributed by atoms with Gasteiger partial charge < -0.3 is 25.0 Å². The van der Waals surface area contributed by atoms with Gasteiger partial charge in [0.2, 0.25) is 11.9 Å². The van der Waals surface area contributed by atoms with E-state index in [1.807, 2.05) is 47.1 Å². The summed E-state index contributed by atoms with van der Waals surface area (Å²) in [4.78, 5) is 20.1. The van der Waals surface area contributed by atoms with Crippen LogP contribution in [0.5, 0.6) is 5.75 Å². The van der Waals surface area contributed by atoms with Crippen molar-refractivity contribution < 1.29 is 18.6 Å². The Hall–Kier alpha value is -4.62. The molecule has 2 aliphatic heterocycles. The second-order valence-corrected chi connectivity index (χ2v) is 10.9. The van der Waals surface area contributed by atoms with E-state index in [1.54, 1.807) is 18.0 Å². The Morgan fingerprint density at radius 2 is 1.66 bits per heavy atom. The molecular weight excluding hydrogens is 568 g/mol. The molecule has 4 heterocycles. The van der Waals surface area contributed by atoms with E-state index in [2.05, 4.69) is 36.3 Å². The third-order valence-electron chi connectivity index (χ3n) is 7.85. The highest BCUT2D eigenvalue weighted by Gasteiger charge is 2.28. The molecule has 0 aliphatic carbocycles. The summed E-state index contributed by atoms with van der Waals surface area (Å²) < 4.78 is 34.2. The number of halogens is 2. The van der Waals surface area contributed by atoms with Gasteiger partial charge in [0.1, 0.15) is 17.4 Å². The normalized spacial score (nSPS) is 16.0. The summed E-state index contributed by atoms with van der Waals surface area (Å²) in [5.74, 6) is 0.940. The molecule has 0 unspecified atom stereocenters. The summed E-state index contributed by atoms with van der Waals surface area (Å²) in [7, 11) is 1.64. The summed E-state index contributed by atoms with van der Waals surface area (Å²) in [6.45, 7) is 7.08. The number of aliphatic hydroxyl groups excluding tert-OH is 1. The highest BCUT2D eigenvalue weighted by atomic mass is 19.1. The smallest absolute Gasteiger partial charge is 0.257 e. The Morgan fingerprint density at radius 3 is 2.34 bits per heavy atom. The highest BCUT2D eigenvalue weighted by molar-refractivity contribution is 5.53. The zero-order valence-corrected chi connectivity index (χ0v) is 24.7. The topological polar surface area (TPSA) is 108 Å². The number of piperazine rings is 1. The molecule has 0 atom stereocenters. The molecule has 11 nitrogen and oxygen atoms in total. The lowest BCUT2D eigenvalue weighted by atomic mass is 10.2. The lowest BCUT2D eigenvalue weighted by Crippen LogP contribution is -2.51. The number of anilines is 3. The number of β-amino-alcohol motifs (C(OH)–C–C–N with tert-alkyl or cyclic N) is 1. The van der Waals surface area contributed by atoms with Gasteiger partial charge in [-0.1, -0.05) is 24.3 Å². The second kappa shape index (κ2) is 12.9. The fourth-order valence-electron chi connectivity index (χ4n) is 5.24. The van der Waals surface area contributed by atoms with E-state index in [4.69, 9.17) is 4.74 Å². The number of methoxy groups -OCH3 is 1. The zero-order valence-electron chi connectivity index (χ0n) is 24.7. The number of benzene rings is 2. The van der Waals surface area contributed by atoms with Crippen LogP contribution in [0.15, 0.2) is 54.7 Å². The third kappa shape index (κ3) is 6.79. The minimum atomic E-state index is -0.560. The lowest BCUT2D eigenvalue weighted by molar-refractivity contribution is 0.140. The van der Waals surface area contributed by atoms with Gasteiger partial charge in [0.05, 0.1) is 25.1 Å². The summed E-state index contributed by atoms with van der Waals surface area (Å²) in [5, 5.41) is 17.7. The third-order valence-corrected chi connectivity index (χ3v) is 7.85. The quantitative estimate of drug-likeness (QED) is 0.281. The van der Waals surface area contributed by atoms with Crippen molar-refractivity contribution in [2.45, 2.75) is 19.6 Å². The van der Waals surface area contributed by atoms with E-state index in [0.29, 0.717) is 56.3 Å². The van der Waals surface area contributed by atoms with E-state index in [1.165, 1.54) is 12.1 Å². The number of nitrogens with one attached hydrogen (secondary N) is 1. The zero-order chi connectivity index (χ0) is 30.6. The van der Waals surface area contributed by atoms with Crippen molar-refractivity contribution in [2.24, 2.45) is 0 Å². The van der Waals surface area contributed by atoms with Crippen LogP contribution in [-0.4, -0.2) is 93.8 Å². The lowest BCUT2D eigenvalue weighted by Gasteiger charge is -2.35. The second-order valence-electron chi connectivity index (χ2n) is 10.9. The molecule has 2 aromatic heterocycles. The van der Waals surface area contributed by atoms with Crippen LogP contribution >= 0.6 is 0 Å². The van der Waals surface area contributed by atoms with Crippen LogP contribution in [0.1, 0.15) is 16.8 Å². The Balaban J connectivity index is 1.11. The minimum absolute atomic E-state index is 0.385.